The van der Waals surface area contributed by atoms with Gasteiger partial charge in [-0.05, 0) is 60.7 Å². The van der Waals surface area contributed by atoms with Gasteiger partial charge < -0.3 is 20.1 Å². The Morgan fingerprint density at radius 1 is 0.639 bits per heavy atom. The maximum atomic E-state index is 12.1. The van der Waals surface area contributed by atoms with Crippen LogP contribution in [0.25, 0.3) is 0 Å². The normalized spacial score (nSPS) is 11.4. The van der Waals surface area contributed by atoms with E-state index >= 15 is 0 Å². The summed E-state index contributed by atoms with van der Waals surface area (Å²) in [5.41, 5.74) is 0.719. The summed E-state index contributed by atoms with van der Waals surface area (Å²) in [4.78, 5) is 24.1. The topological polar surface area (TPSA) is 197 Å². The van der Waals surface area contributed by atoms with E-state index in [-0.39, 0.29) is 23.0 Å². The second-order valence-corrected chi connectivity index (χ2v) is 10.4. The Kier molecular flexibility index (Phi) is 8.26. The lowest BCUT2D eigenvalue weighted by molar-refractivity contribution is -0.118. The lowest BCUT2D eigenvalue weighted by Gasteiger charge is -2.11. The predicted molar refractivity (Wildman–Crippen MR) is 130 cm³/mol. The molecule has 0 spiro atoms. The molecule has 14 heteroatoms. The van der Waals surface area contributed by atoms with E-state index in [1.165, 1.54) is 54.6 Å². The fourth-order valence-electron chi connectivity index (χ4n) is 2.80. The zero-order valence-electron chi connectivity index (χ0n) is 18.6. The molecule has 0 heterocycles. The van der Waals surface area contributed by atoms with Crippen LogP contribution >= 0.6 is 0 Å². The molecule has 0 unspecified atom stereocenters. The molecular weight excluding hydrogens is 512 g/mol. The third kappa shape index (κ3) is 8.06. The number of carbonyl (C=O) groups excluding carboxylic acids is 2. The van der Waals surface area contributed by atoms with Crippen LogP contribution in [0.4, 0.5) is 11.4 Å². The van der Waals surface area contributed by atoms with Crippen molar-refractivity contribution in [3.05, 3.63) is 72.8 Å². The summed E-state index contributed by atoms with van der Waals surface area (Å²) in [6.45, 7) is -0.676. The molecule has 0 atom stereocenters. The monoisotopic (exact) mass is 534 g/mol. The first-order chi connectivity index (χ1) is 16.9. The minimum atomic E-state index is -3.83. The number of amides is 2. The van der Waals surface area contributed by atoms with Gasteiger partial charge in [-0.3, -0.25) is 9.59 Å². The molecule has 0 bridgehead atoms. The van der Waals surface area contributed by atoms with Gasteiger partial charge in [0.1, 0.15) is 11.5 Å². The van der Waals surface area contributed by atoms with Crippen LogP contribution in [0.3, 0.4) is 0 Å². The van der Waals surface area contributed by atoms with Crippen molar-refractivity contribution in [3.8, 4) is 11.5 Å². The Morgan fingerprint density at radius 2 is 1.00 bits per heavy atom. The molecule has 2 amide bonds. The number of anilines is 2. The average molecular weight is 535 g/mol. The first-order valence-corrected chi connectivity index (χ1v) is 13.2. The Balaban J connectivity index is 1.47. The first kappa shape index (κ1) is 26.6. The number of rotatable bonds is 10. The fourth-order valence-corrected chi connectivity index (χ4v) is 3.83. The van der Waals surface area contributed by atoms with Crippen LogP contribution in [0.2, 0.25) is 0 Å². The number of sulfonamides is 2. The summed E-state index contributed by atoms with van der Waals surface area (Å²) < 4.78 is 56.0. The molecule has 12 nitrogen and oxygen atoms in total. The van der Waals surface area contributed by atoms with E-state index in [1.807, 2.05) is 0 Å². The van der Waals surface area contributed by atoms with Crippen molar-refractivity contribution < 1.29 is 35.9 Å². The zero-order chi connectivity index (χ0) is 26.3. The van der Waals surface area contributed by atoms with Crippen LogP contribution in [-0.2, 0) is 29.6 Å². The maximum absolute atomic E-state index is 12.1. The van der Waals surface area contributed by atoms with E-state index in [4.69, 9.17) is 19.8 Å². The van der Waals surface area contributed by atoms with Crippen molar-refractivity contribution in [2.45, 2.75) is 9.79 Å². The van der Waals surface area contributed by atoms with Gasteiger partial charge in [0, 0.05) is 17.4 Å². The van der Waals surface area contributed by atoms with Gasteiger partial charge in [-0.1, -0.05) is 6.07 Å². The average Bonchev–Trinajstić information content (AvgIpc) is 2.81. The van der Waals surface area contributed by atoms with E-state index < -0.39 is 31.9 Å². The van der Waals surface area contributed by atoms with E-state index in [1.54, 1.807) is 18.2 Å². The summed E-state index contributed by atoms with van der Waals surface area (Å²) in [5, 5.41) is 15.2. The lowest BCUT2D eigenvalue weighted by Crippen LogP contribution is -2.21. The second-order valence-electron chi connectivity index (χ2n) is 7.29. The standard InChI is InChI=1S/C22H22N4O8S2/c23-35(29,30)19-8-4-15(5-9-19)25-21(27)13-33-17-2-1-3-18(12-17)34-14-22(28)26-16-6-10-20(11-7-16)36(24,31)32/h1-12H,13-14H2,(H,25,27)(H,26,28)(H2,23,29,30)(H2,24,31,32). The number of nitrogens with two attached hydrogens (primary N) is 2. The molecule has 0 aliphatic heterocycles. The van der Waals surface area contributed by atoms with Gasteiger partial charge in [0.05, 0.1) is 9.79 Å². The van der Waals surface area contributed by atoms with Crippen LogP contribution in [0.15, 0.2) is 82.6 Å². The predicted octanol–water partition coefficient (Wildman–Crippen LogP) is 1.02. The molecule has 0 fully saturated rings. The van der Waals surface area contributed by atoms with Crippen molar-refractivity contribution >= 4 is 43.2 Å². The van der Waals surface area contributed by atoms with Gasteiger partial charge in [0.25, 0.3) is 11.8 Å². The molecule has 3 rings (SSSR count). The Hall–Kier alpha value is -3.98. The maximum Gasteiger partial charge on any atom is 0.262 e. The Bertz CT molecular complexity index is 1350. The number of nitrogens with one attached hydrogen (secondary N) is 2. The van der Waals surface area contributed by atoms with Crippen molar-refractivity contribution in [2.75, 3.05) is 23.8 Å². The largest absolute Gasteiger partial charge is 0.484 e. The van der Waals surface area contributed by atoms with Gasteiger partial charge in [-0.2, -0.15) is 0 Å². The minimum Gasteiger partial charge on any atom is -0.484 e. The minimum absolute atomic E-state index is 0.0813. The van der Waals surface area contributed by atoms with Gasteiger partial charge in [-0.25, -0.2) is 27.1 Å². The number of benzene rings is 3. The molecule has 0 saturated carbocycles. The van der Waals surface area contributed by atoms with E-state index in [0.29, 0.717) is 22.9 Å². The number of hydrogen-bond acceptors (Lipinski definition) is 8. The highest BCUT2D eigenvalue weighted by Crippen LogP contribution is 2.20. The van der Waals surface area contributed by atoms with Gasteiger partial charge >= 0.3 is 0 Å². The van der Waals surface area contributed by atoms with Crippen LogP contribution in [0.5, 0.6) is 11.5 Å². The number of hydrogen-bond donors (Lipinski definition) is 4. The SMILES string of the molecule is NS(=O)(=O)c1ccc(NC(=O)COc2cccc(OCC(=O)Nc3ccc(S(N)(=O)=O)cc3)c2)cc1. The number of primary sulfonamides is 2. The van der Waals surface area contributed by atoms with Crippen molar-refractivity contribution in [1.29, 1.82) is 0 Å². The van der Waals surface area contributed by atoms with Crippen molar-refractivity contribution in [2.24, 2.45) is 10.3 Å². The molecule has 0 saturated heterocycles. The van der Waals surface area contributed by atoms with Crippen molar-refractivity contribution in [3.63, 3.8) is 0 Å². The zero-order valence-corrected chi connectivity index (χ0v) is 20.2. The fraction of sp³-hybridized carbons (Fsp3) is 0.0909. The van der Waals surface area contributed by atoms with Gasteiger partial charge in [0.15, 0.2) is 13.2 Å². The van der Waals surface area contributed by atoms with Crippen LogP contribution < -0.4 is 30.4 Å². The summed E-state index contributed by atoms with van der Waals surface area (Å²) in [5.74, 6) is -0.354. The second kappa shape index (κ2) is 11.2. The summed E-state index contributed by atoms with van der Waals surface area (Å²) >= 11 is 0. The summed E-state index contributed by atoms with van der Waals surface area (Å²) in [7, 11) is -7.66. The third-order valence-electron chi connectivity index (χ3n) is 4.48. The van der Waals surface area contributed by atoms with E-state index in [9.17, 15) is 26.4 Å². The van der Waals surface area contributed by atoms with Crippen LogP contribution in [0, 0.1) is 0 Å². The first-order valence-electron chi connectivity index (χ1n) is 10.1. The molecule has 6 N–H and O–H groups in total. The number of carbonyl (C=O) groups is 2. The van der Waals surface area contributed by atoms with Crippen LogP contribution in [0.1, 0.15) is 0 Å². The quantitative estimate of drug-likeness (QED) is 0.295. The van der Waals surface area contributed by atoms with Gasteiger partial charge in [-0.15, -0.1) is 0 Å². The lowest BCUT2D eigenvalue weighted by atomic mass is 10.3. The summed E-state index contributed by atoms with van der Waals surface area (Å²) in [6.07, 6.45) is 0. The Morgan fingerprint density at radius 3 is 1.33 bits per heavy atom. The molecule has 0 aromatic heterocycles. The van der Waals surface area contributed by atoms with E-state index in [2.05, 4.69) is 10.6 Å². The smallest absolute Gasteiger partial charge is 0.262 e. The van der Waals surface area contributed by atoms with Crippen molar-refractivity contribution in [1.82, 2.24) is 0 Å². The Labute approximate surface area is 207 Å². The molecule has 36 heavy (non-hydrogen) atoms. The highest BCUT2D eigenvalue weighted by molar-refractivity contribution is 7.89. The van der Waals surface area contributed by atoms with Gasteiger partial charge in [0.2, 0.25) is 20.0 Å². The van der Waals surface area contributed by atoms with Crippen LogP contribution in [-0.4, -0.2) is 41.9 Å². The van der Waals surface area contributed by atoms with E-state index in [0.717, 1.165) is 0 Å². The third-order valence-corrected chi connectivity index (χ3v) is 6.34. The molecule has 0 aliphatic carbocycles. The summed E-state index contributed by atoms with van der Waals surface area (Å²) in [6, 6.07) is 16.9. The number of ether oxygens (including phenoxy) is 2. The molecule has 0 radical (unpaired) electrons. The molecule has 3 aromatic carbocycles. The highest BCUT2D eigenvalue weighted by atomic mass is 32.2. The molecule has 190 valence electrons. The molecule has 0 aliphatic rings. The molecular formula is C22H22N4O8S2. The molecule has 3 aromatic rings. The highest BCUT2D eigenvalue weighted by Gasteiger charge is 2.10.